The average Bonchev–Trinajstić information content (AvgIpc) is 2.96. The summed E-state index contributed by atoms with van der Waals surface area (Å²) in [4.78, 5) is 15.3. The molecule has 1 saturated carbocycles. The lowest BCUT2D eigenvalue weighted by Crippen LogP contribution is -2.06. The summed E-state index contributed by atoms with van der Waals surface area (Å²) in [6, 6.07) is 3.89. The van der Waals surface area contributed by atoms with Crippen LogP contribution in [0.25, 0.3) is 0 Å². The van der Waals surface area contributed by atoms with Gasteiger partial charge >= 0.3 is 0 Å². The third kappa shape index (κ3) is 3.20. The Kier molecular flexibility index (Phi) is 5.09. The molecule has 2 aliphatic carbocycles. The monoisotopic (exact) mass is 418 g/mol. The van der Waals surface area contributed by atoms with Crippen LogP contribution in [0.3, 0.4) is 0 Å². The van der Waals surface area contributed by atoms with E-state index in [1.165, 1.54) is 16.0 Å². The van der Waals surface area contributed by atoms with E-state index in [-0.39, 0.29) is 19.0 Å². The van der Waals surface area contributed by atoms with Crippen LogP contribution in [-0.2, 0) is 12.8 Å². The Morgan fingerprint density at radius 3 is 2.79 bits per heavy atom. The number of hydrogen-bond acceptors (Lipinski definition) is 4. The number of carbonyl (C=O) groups excluding carboxylic acids is 1. The largest absolute Gasteiger partial charge is 0.489 e. The van der Waals surface area contributed by atoms with Crippen molar-refractivity contribution in [2.75, 3.05) is 13.2 Å². The molecule has 0 aliphatic heterocycles. The summed E-state index contributed by atoms with van der Waals surface area (Å²) in [6.45, 7) is 8.99. The molecule has 5 heteroatoms. The van der Waals surface area contributed by atoms with Gasteiger partial charge in [-0.15, -0.1) is 11.3 Å². The van der Waals surface area contributed by atoms with Crippen molar-refractivity contribution >= 4 is 28.7 Å². The van der Waals surface area contributed by atoms with Crippen LogP contribution in [-0.4, -0.2) is 24.1 Å². The molecule has 0 spiro atoms. The Morgan fingerprint density at radius 1 is 1.36 bits per heavy atom. The van der Waals surface area contributed by atoms with Crippen molar-refractivity contribution in [3.63, 3.8) is 0 Å². The number of Topliss-reactive ketones (excluding diaryl/α,β-unsaturated/α-hetero) is 1. The summed E-state index contributed by atoms with van der Waals surface area (Å²) in [5.41, 5.74) is 5.20. The van der Waals surface area contributed by atoms with E-state index < -0.39 is 0 Å². The number of rotatable bonds is 7. The van der Waals surface area contributed by atoms with Crippen LogP contribution in [0.4, 0.5) is 0 Å². The number of halogens is 1. The number of ketones is 1. The summed E-state index contributed by atoms with van der Waals surface area (Å²) >= 11 is 8.03. The van der Waals surface area contributed by atoms with Crippen molar-refractivity contribution < 1.29 is 14.6 Å². The van der Waals surface area contributed by atoms with E-state index in [4.69, 9.17) is 21.4 Å². The normalized spacial score (nSPS) is 21.4. The Bertz CT molecular complexity index is 921. The van der Waals surface area contributed by atoms with Gasteiger partial charge in [0.05, 0.1) is 16.5 Å². The van der Waals surface area contributed by atoms with Crippen LogP contribution in [0.2, 0.25) is 5.02 Å². The first-order valence-electron chi connectivity index (χ1n) is 9.93. The number of aliphatic hydroxyl groups is 1. The Labute approximate surface area is 175 Å². The molecule has 2 atom stereocenters. The smallest absolute Gasteiger partial charge is 0.173 e. The van der Waals surface area contributed by atoms with Gasteiger partial charge < -0.3 is 9.84 Å². The molecule has 4 rings (SSSR count). The third-order valence-corrected chi connectivity index (χ3v) is 8.02. The van der Waals surface area contributed by atoms with Gasteiger partial charge in [-0.3, -0.25) is 4.79 Å². The molecule has 1 aromatic heterocycles. The maximum Gasteiger partial charge on any atom is 0.173 e. The molecule has 0 saturated heterocycles. The van der Waals surface area contributed by atoms with Gasteiger partial charge in [-0.05, 0) is 72.3 Å². The minimum absolute atomic E-state index is 0.0462. The molecule has 1 N–H and O–H groups in total. The molecule has 0 unspecified atom stereocenters. The lowest BCUT2D eigenvalue weighted by atomic mass is 9.94. The van der Waals surface area contributed by atoms with Crippen molar-refractivity contribution in [2.45, 2.75) is 52.9 Å². The molecule has 28 heavy (non-hydrogen) atoms. The predicted octanol–water partition coefficient (Wildman–Crippen LogP) is 5.50. The fraction of sp³-hybridized carbons (Fsp3) is 0.522. The van der Waals surface area contributed by atoms with Gasteiger partial charge in [0.25, 0.3) is 0 Å². The van der Waals surface area contributed by atoms with Crippen LogP contribution in [0.5, 0.6) is 5.75 Å². The zero-order valence-electron chi connectivity index (χ0n) is 16.9. The van der Waals surface area contributed by atoms with Gasteiger partial charge in [-0.2, -0.15) is 0 Å². The maximum absolute atomic E-state index is 13.0. The molecule has 3 nitrogen and oxygen atoms in total. The molecule has 1 aromatic carbocycles. The maximum atomic E-state index is 13.0. The van der Waals surface area contributed by atoms with E-state index in [1.807, 2.05) is 19.1 Å². The molecule has 2 aromatic rings. The first-order chi connectivity index (χ1) is 13.3. The van der Waals surface area contributed by atoms with E-state index in [0.29, 0.717) is 34.9 Å². The summed E-state index contributed by atoms with van der Waals surface area (Å²) in [6.07, 6.45) is 2.24. The molecule has 2 aliphatic rings. The highest BCUT2D eigenvalue weighted by Crippen LogP contribution is 2.71. The van der Waals surface area contributed by atoms with Gasteiger partial charge in [0.2, 0.25) is 0 Å². The van der Waals surface area contributed by atoms with Crippen LogP contribution in [0.15, 0.2) is 12.1 Å². The summed E-state index contributed by atoms with van der Waals surface area (Å²) in [7, 11) is 0. The third-order valence-electron chi connectivity index (χ3n) is 6.54. The number of carbonyl (C=O) groups is 1. The van der Waals surface area contributed by atoms with E-state index in [0.717, 1.165) is 28.3 Å². The van der Waals surface area contributed by atoms with E-state index in [1.54, 1.807) is 11.3 Å². The minimum Gasteiger partial charge on any atom is -0.489 e. The average molecular weight is 419 g/mol. The highest BCUT2D eigenvalue weighted by Gasteiger charge is 2.63. The van der Waals surface area contributed by atoms with Gasteiger partial charge in [0, 0.05) is 11.3 Å². The Hall–Kier alpha value is -1.36. The standard InChI is InChI=1S/C23H27ClO3S/c1-12-9-14(10-17(24)21(12)27-8-7-25)5-6-18(26)22-15-11-16-20(23(16,3)4)19(15)13(2)28-22/h9-10,16,20,25H,5-8,11H2,1-4H3/t16-,20-/m1/s1. The molecular weight excluding hydrogens is 392 g/mol. The first-order valence-corrected chi connectivity index (χ1v) is 11.1. The number of aliphatic hydroxyl groups excluding tert-OH is 1. The highest BCUT2D eigenvalue weighted by atomic mass is 35.5. The molecule has 1 fully saturated rings. The first kappa shape index (κ1) is 19.9. The summed E-state index contributed by atoms with van der Waals surface area (Å²) < 4.78 is 5.50. The molecule has 0 bridgehead atoms. The quantitative estimate of drug-likeness (QED) is 0.604. The summed E-state index contributed by atoms with van der Waals surface area (Å²) in [5.74, 6) is 2.25. The molecule has 0 amide bonds. The topological polar surface area (TPSA) is 46.5 Å². The second-order valence-electron chi connectivity index (χ2n) is 8.71. The predicted molar refractivity (Wildman–Crippen MR) is 114 cm³/mol. The van der Waals surface area contributed by atoms with E-state index in [9.17, 15) is 4.79 Å². The van der Waals surface area contributed by atoms with Gasteiger partial charge in [-0.1, -0.05) is 31.5 Å². The van der Waals surface area contributed by atoms with Crippen molar-refractivity contribution in [2.24, 2.45) is 11.3 Å². The number of fused-ring (bicyclic) bond motifs is 3. The van der Waals surface area contributed by atoms with E-state index in [2.05, 4.69) is 20.8 Å². The zero-order valence-corrected chi connectivity index (χ0v) is 18.5. The Morgan fingerprint density at radius 2 is 2.11 bits per heavy atom. The zero-order chi connectivity index (χ0) is 20.2. The Balaban J connectivity index is 1.47. The molecule has 1 heterocycles. The SMILES string of the molecule is Cc1cc(CCC(=O)c2sc(C)c3c2C[C@@H]2[C@H]3C2(C)C)cc(Cl)c1OCCO. The summed E-state index contributed by atoms with van der Waals surface area (Å²) in [5, 5.41) is 9.46. The van der Waals surface area contributed by atoms with Gasteiger partial charge in [-0.25, -0.2) is 0 Å². The van der Waals surface area contributed by atoms with Crippen molar-refractivity contribution in [3.05, 3.63) is 49.2 Å². The van der Waals surface area contributed by atoms with Crippen LogP contribution >= 0.6 is 22.9 Å². The highest BCUT2D eigenvalue weighted by molar-refractivity contribution is 7.14. The van der Waals surface area contributed by atoms with Crippen molar-refractivity contribution in [1.29, 1.82) is 0 Å². The molecular formula is C23H27ClO3S. The van der Waals surface area contributed by atoms with Crippen molar-refractivity contribution in [1.82, 2.24) is 0 Å². The molecule has 0 radical (unpaired) electrons. The van der Waals surface area contributed by atoms with Crippen molar-refractivity contribution in [3.8, 4) is 5.75 Å². The van der Waals surface area contributed by atoms with E-state index >= 15 is 0 Å². The second-order valence-corrected chi connectivity index (χ2v) is 10.3. The lowest BCUT2D eigenvalue weighted by molar-refractivity contribution is 0.0985. The fourth-order valence-corrected chi connectivity index (χ4v) is 6.55. The second kappa shape index (κ2) is 7.16. The number of ether oxygens (including phenoxy) is 1. The number of benzene rings is 1. The fourth-order valence-electron chi connectivity index (χ4n) is 5.01. The van der Waals surface area contributed by atoms with Gasteiger partial charge in [0.1, 0.15) is 12.4 Å². The minimum atomic E-state index is -0.0462. The van der Waals surface area contributed by atoms with Crippen LogP contribution in [0.1, 0.15) is 63.0 Å². The number of aryl methyl sites for hydroxylation is 3. The molecule has 150 valence electrons. The number of thiophene rings is 1. The lowest BCUT2D eigenvalue weighted by Gasteiger charge is -2.12. The number of hydrogen-bond donors (Lipinski definition) is 1. The van der Waals surface area contributed by atoms with Gasteiger partial charge in [0.15, 0.2) is 5.78 Å². The van der Waals surface area contributed by atoms with Crippen LogP contribution < -0.4 is 4.74 Å². The van der Waals surface area contributed by atoms with Crippen LogP contribution in [0, 0.1) is 25.2 Å².